The highest BCUT2D eigenvalue weighted by molar-refractivity contribution is 5.95. The lowest BCUT2D eigenvalue weighted by Crippen LogP contribution is -2.59. The van der Waals surface area contributed by atoms with Crippen LogP contribution in [0.25, 0.3) is 0 Å². The van der Waals surface area contributed by atoms with E-state index in [0.29, 0.717) is 128 Å². The number of hydrogen-bond donors (Lipinski definition) is 0. The van der Waals surface area contributed by atoms with Gasteiger partial charge in [0, 0.05) is 75.0 Å². The molecule has 0 aliphatic heterocycles. The maximum atomic E-state index is 12.8. The summed E-state index contributed by atoms with van der Waals surface area (Å²) in [5.41, 5.74) is 2.58. The van der Waals surface area contributed by atoms with Crippen LogP contribution in [0.2, 0.25) is 0 Å². The predicted octanol–water partition coefficient (Wildman–Crippen LogP) is 18.2. The number of rotatable bonds is 8. The fraction of sp³-hybridized carbons (Fsp3) is 0.747. The van der Waals surface area contributed by atoms with Crippen molar-refractivity contribution >= 4 is 70.1 Å². The number of fused-ring (bicyclic) bond motifs is 20. The summed E-state index contributed by atoms with van der Waals surface area (Å²) >= 11 is 0. The minimum Gasteiger partial charge on any atom is -0.451 e. The number of esters is 4. The Morgan fingerprint density at radius 1 is 0.360 bits per heavy atom. The summed E-state index contributed by atoms with van der Waals surface area (Å²) in [7, 11) is 0. The Kier molecular flexibility index (Phi) is 21.3. The standard InChI is InChI=1S/C24H34O4.2C24H32O4.C23H32O4/c3*1-14-12-18-19(22(4)9-6-17(27)13-21(14)22)7-10-23(5)20(18)8-11-24(23,15(2)25)28-16(3)26;1-14(24)23(27-15(2)25)12-9-20-18-6-5-16-13-17(26)7-10-21(16,3)19(18)8-11-22(20,23)4/h13-14,18-20H,6-12H2,1-5H3;12-13,18-20H,6-11H2,1-5H3;13,18-20H,1,6-12H2,2-5H3;13,18-20H,5-12H2,1-4H3/t14-,18?,19?,20?,22+,23-,24-;2*18?,19?,20?,22-,23+,24+;18?,19?,20?,21-,22-,23-/m0110/s1. The fourth-order valence-corrected chi connectivity index (χ4v) is 30.8. The van der Waals surface area contributed by atoms with Crippen molar-refractivity contribution in [2.75, 3.05) is 0 Å². The van der Waals surface area contributed by atoms with Crippen molar-refractivity contribution in [3.05, 3.63) is 70.4 Å². The second-order valence-electron chi connectivity index (χ2n) is 40.6. The second-order valence-corrected chi connectivity index (χ2v) is 40.6. The molecule has 16 aliphatic carbocycles. The van der Waals surface area contributed by atoms with Crippen LogP contribution in [0.4, 0.5) is 0 Å². The number of allylic oxidation sites excluding steroid dienone is 8. The Balaban J connectivity index is 0.000000130. The van der Waals surface area contributed by atoms with Gasteiger partial charge in [-0.2, -0.15) is 0 Å². The van der Waals surface area contributed by atoms with Crippen molar-refractivity contribution in [3.8, 4) is 0 Å². The van der Waals surface area contributed by atoms with E-state index in [4.69, 9.17) is 18.9 Å². The molecule has 16 rings (SSSR count). The van der Waals surface area contributed by atoms with Crippen LogP contribution in [-0.2, 0) is 76.5 Å². The number of ether oxygens (including phenoxy) is 4. The zero-order valence-electron chi connectivity index (χ0n) is 70.4. The summed E-state index contributed by atoms with van der Waals surface area (Å²) in [6.07, 6.45) is 34.3. The molecule has 0 radical (unpaired) electrons. The molecule has 606 valence electrons. The molecule has 0 aromatic heterocycles. The first-order valence-electron chi connectivity index (χ1n) is 43.0. The van der Waals surface area contributed by atoms with Gasteiger partial charge in [-0.25, -0.2) is 0 Å². The Hall–Kier alpha value is -6.32. The van der Waals surface area contributed by atoms with Crippen LogP contribution in [0.15, 0.2) is 70.4 Å². The van der Waals surface area contributed by atoms with Crippen LogP contribution in [-0.4, -0.2) is 92.5 Å². The Labute approximate surface area is 660 Å². The molecule has 0 saturated heterocycles. The molecule has 11 fully saturated rings. The third-order valence-electron chi connectivity index (χ3n) is 36.0. The molecule has 0 amide bonds. The van der Waals surface area contributed by atoms with Gasteiger partial charge >= 0.3 is 23.9 Å². The van der Waals surface area contributed by atoms with Crippen molar-refractivity contribution < 1.29 is 76.5 Å². The maximum Gasteiger partial charge on any atom is 0.303 e. The molecule has 16 nitrogen and oxygen atoms in total. The Bertz CT molecular complexity index is 4170. The summed E-state index contributed by atoms with van der Waals surface area (Å²) in [5.74, 6) is 5.43. The number of Topliss-reactive ketones (excluding diaryl/α,β-unsaturated/α-hetero) is 4. The van der Waals surface area contributed by atoms with Gasteiger partial charge in [-0.05, 0) is 323 Å². The molecule has 25 atom stereocenters. The number of carbonyl (C=O) groups is 12. The number of ketones is 8. The third-order valence-corrected chi connectivity index (χ3v) is 36.0. The summed E-state index contributed by atoms with van der Waals surface area (Å²) in [5, 5.41) is 0. The average molecular weight is 1530 g/mol. The fourth-order valence-electron chi connectivity index (χ4n) is 30.8. The molecule has 0 bridgehead atoms. The summed E-state index contributed by atoms with van der Waals surface area (Å²) < 4.78 is 23.3. The van der Waals surface area contributed by atoms with Gasteiger partial charge < -0.3 is 18.9 Å². The highest BCUT2D eigenvalue weighted by atomic mass is 16.6. The van der Waals surface area contributed by atoms with E-state index in [1.165, 1.54) is 55.6 Å². The molecular weight excluding hydrogens is 1400 g/mol. The van der Waals surface area contributed by atoms with Crippen LogP contribution in [0.5, 0.6) is 0 Å². The molecule has 16 heteroatoms. The summed E-state index contributed by atoms with van der Waals surface area (Å²) in [6.45, 7) is 38.9. The van der Waals surface area contributed by atoms with E-state index in [2.05, 4.69) is 81.9 Å². The Morgan fingerprint density at radius 2 is 0.694 bits per heavy atom. The van der Waals surface area contributed by atoms with Crippen LogP contribution in [0.3, 0.4) is 0 Å². The smallest absolute Gasteiger partial charge is 0.303 e. The molecule has 0 aromatic rings. The van der Waals surface area contributed by atoms with Crippen LogP contribution in [0.1, 0.15) is 304 Å². The van der Waals surface area contributed by atoms with Crippen molar-refractivity contribution in [3.63, 3.8) is 0 Å². The zero-order valence-corrected chi connectivity index (χ0v) is 70.4. The van der Waals surface area contributed by atoms with Gasteiger partial charge in [-0.15, -0.1) is 0 Å². The van der Waals surface area contributed by atoms with Gasteiger partial charge in [0.15, 0.2) is 68.7 Å². The third kappa shape index (κ3) is 12.3. The molecule has 0 spiro atoms. The predicted molar refractivity (Wildman–Crippen MR) is 421 cm³/mol. The molecule has 0 heterocycles. The topological polar surface area (TPSA) is 242 Å². The lowest BCUT2D eigenvalue weighted by molar-refractivity contribution is -0.187. The van der Waals surface area contributed by atoms with Crippen molar-refractivity contribution in [1.29, 1.82) is 0 Å². The van der Waals surface area contributed by atoms with Gasteiger partial charge in [0.05, 0.1) is 0 Å². The minimum atomic E-state index is -0.991. The SMILES string of the molecule is C=C1CC2C(CC[C@@]3(C)C2CC[C@]3(OC(C)=O)C(C)=O)[C@@]2(C)CCC(=O)C=C12.CC(=O)O[C@]1(C(C)=O)CCC2C3C=C(C)C4=CC(=O)CC[C@]4(C)C3CC[C@@]21C.CC(=O)O[C@]1(C(C)=O)CCC2C3CCC4=CC(=O)CC[C@]4(C)C3CC[C@@]21C.CC(=O)O[C@]1(C(C)=O)CCC2C3C[C@H](C)C4=CC(=O)CC[C@]4(C)C3CC[C@@]21C. The lowest BCUT2D eigenvalue weighted by atomic mass is 9.44. The van der Waals surface area contributed by atoms with Gasteiger partial charge in [0.25, 0.3) is 0 Å². The van der Waals surface area contributed by atoms with E-state index >= 15 is 0 Å². The number of carbonyl (C=O) groups excluding carboxylic acids is 12. The largest absolute Gasteiger partial charge is 0.451 e. The van der Waals surface area contributed by atoms with Gasteiger partial charge in [-0.1, -0.05) is 97.3 Å². The highest BCUT2D eigenvalue weighted by Crippen LogP contribution is 2.74. The molecule has 11 saturated carbocycles. The quantitative estimate of drug-likeness (QED) is 0.162. The van der Waals surface area contributed by atoms with Crippen molar-refractivity contribution in [1.82, 2.24) is 0 Å². The second kappa shape index (κ2) is 28.5. The van der Waals surface area contributed by atoms with E-state index in [0.717, 1.165) is 134 Å². The number of hydrogen-bond acceptors (Lipinski definition) is 16. The first-order valence-corrected chi connectivity index (χ1v) is 43.0. The lowest BCUT2D eigenvalue weighted by Gasteiger charge is -2.60. The molecule has 0 aromatic carbocycles. The Morgan fingerprint density at radius 3 is 1.14 bits per heavy atom. The minimum absolute atomic E-state index is 0.00184. The van der Waals surface area contributed by atoms with Crippen LogP contribution >= 0.6 is 0 Å². The molecule has 12 unspecified atom stereocenters. The average Bonchev–Trinajstić information content (AvgIpc) is 1.64. The van der Waals surface area contributed by atoms with Gasteiger partial charge in [0.2, 0.25) is 0 Å². The molecule has 0 N–H and O–H groups in total. The van der Waals surface area contributed by atoms with Crippen LogP contribution < -0.4 is 0 Å². The van der Waals surface area contributed by atoms with E-state index in [9.17, 15) is 57.5 Å². The van der Waals surface area contributed by atoms with E-state index in [1.807, 2.05) is 24.3 Å². The van der Waals surface area contributed by atoms with E-state index < -0.39 is 22.4 Å². The first kappa shape index (κ1) is 82.7. The van der Waals surface area contributed by atoms with Gasteiger partial charge in [-0.3, -0.25) is 57.5 Å². The molecule has 111 heavy (non-hydrogen) atoms. The van der Waals surface area contributed by atoms with Crippen molar-refractivity contribution in [2.45, 2.75) is 327 Å². The molecule has 16 aliphatic rings. The highest BCUT2D eigenvalue weighted by Gasteiger charge is 2.73. The first-order chi connectivity index (χ1) is 51.8. The zero-order chi connectivity index (χ0) is 81.1. The molecular formula is C95H130O16. The monoisotopic (exact) mass is 1530 g/mol. The maximum absolute atomic E-state index is 12.8. The van der Waals surface area contributed by atoms with Crippen LogP contribution in [0, 0.1) is 120 Å². The van der Waals surface area contributed by atoms with Crippen molar-refractivity contribution in [2.24, 2.45) is 120 Å². The summed E-state index contributed by atoms with van der Waals surface area (Å²) in [4.78, 5) is 147. The van der Waals surface area contributed by atoms with E-state index in [-0.39, 0.29) is 113 Å². The normalized spacial score (nSPS) is 45.7. The van der Waals surface area contributed by atoms with E-state index in [1.54, 1.807) is 27.7 Å². The summed E-state index contributed by atoms with van der Waals surface area (Å²) in [6, 6.07) is 0. The van der Waals surface area contributed by atoms with Gasteiger partial charge in [0.1, 0.15) is 0 Å².